The van der Waals surface area contributed by atoms with E-state index in [1.165, 1.54) is 22.3 Å². The van der Waals surface area contributed by atoms with Crippen LogP contribution in [0.2, 0.25) is 0 Å². The van der Waals surface area contributed by atoms with Crippen LogP contribution in [0.3, 0.4) is 0 Å². The molecule has 2 aliphatic rings. The van der Waals surface area contributed by atoms with Crippen LogP contribution in [-0.4, -0.2) is 22.3 Å². The second-order valence-corrected chi connectivity index (χ2v) is 6.85. The molecule has 0 aromatic heterocycles. The fourth-order valence-corrected chi connectivity index (χ4v) is 4.38. The number of carboxylic acid groups (broad SMARTS) is 1. The molecule has 2 aliphatic carbocycles. The average molecular weight is 288 g/mol. The molecular weight excluding hydrogens is 264 g/mol. The highest BCUT2D eigenvalue weighted by Crippen LogP contribution is 2.49. The predicted molar refractivity (Wildman–Crippen MR) is 81.6 cm³/mol. The van der Waals surface area contributed by atoms with Gasteiger partial charge in [-0.2, -0.15) is 0 Å². The van der Waals surface area contributed by atoms with Crippen LogP contribution in [0.25, 0.3) is 0 Å². The minimum atomic E-state index is -0.673. The van der Waals surface area contributed by atoms with Gasteiger partial charge >= 0.3 is 5.97 Å². The summed E-state index contributed by atoms with van der Waals surface area (Å²) < 4.78 is 0. The van der Waals surface area contributed by atoms with Crippen molar-refractivity contribution in [2.24, 2.45) is 5.41 Å². The summed E-state index contributed by atoms with van der Waals surface area (Å²) in [4.78, 5) is 11.8. The van der Waals surface area contributed by atoms with Gasteiger partial charge in [-0.25, -0.2) is 0 Å². The molecule has 1 aromatic carbocycles. The van der Waals surface area contributed by atoms with Crippen LogP contribution < -0.4 is 0 Å². The van der Waals surface area contributed by atoms with Crippen LogP contribution >= 0.6 is 0 Å². The number of aliphatic hydroxyl groups is 1. The Morgan fingerprint density at radius 2 is 2.10 bits per heavy atom. The Kier molecular flexibility index (Phi) is 3.56. The zero-order valence-corrected chi connectivity index (χ0v) is 12.9. The van der Waals surface area contributed by atoms with Crippen molar-refractivity contribution in [2.75, 3.05) is 0 Å². The van der Waals surface area contributed by atoms with E-state index in [0.717, 1.165) is 32.1 Å². The summed E-state index contributed by atoms with van der Waals surface area (Å²) in [6.07, 6.45) is 4.72. The third-order valence-electron chi connectivity index (χ3n) is 5.68. The molecular formula is C18H24O3. The SMILES string of the molecule is CC[C@H]1c2ccc3c(c2CC[C@]1(C)C(=O)O)CC[C@H](O)C3. The maximum Gasteiger partial charge on any atom is 0.309 e. The van der Waals surface area contributed by atoms with Crippen LogP contribution in [0.1, 0.15) is 61.3 Å². The molecule has 3 nitrogen and oxygen atoms in total. The minimum Gasteiger partial charge on any atom is -0.481 e. The molecule has 3 heteroatoms. The van der Waals surface area contributed by atoms with E-state index in [1.54, 1.807) is 0 Å². The van der Waals surface area contributed by atoms with E-state index in [2.05, 4.69) is 19.1 Å². The normalized spacial score (nSPS) is 31.4. The van der Waals surface area contributed by atoms with Crippen molar-refractivity contribution in [1.29, 1.82) is 0 Å². The number of benzene rings is 1. The second kappa shape index (κ2) is 5.13. The molecule has 1 aromatic rings. The van der Waals surface area contributed by atoms with Gasteiger partial charge in [0.15, 0.2) is 0 Å². The van der Waals surface area contributed by atoms with Gasteiger partial charge in [-0.3, -0.25) is 4.79 Å². The monoisotopic (exact) mass is 288 g/mol. The molecule has 3 rings (SSSR count). The zero-order chi connectivity index (χ0) is 15.2. The van der Waals surface area contributed by atoms with Crippen LogP contribution in [0.5, 0.6) is 0 Å². The lowest BCUT2D eigenvalue weighted by Gasteiger charge is -2.41. The molecule has 0 heterocycles. The number of rotatable bonds is 2. The summed E-state index contributed by atoms with van der Waals surface area (Å²) >= 11 is 0. The predicted octanol–water partition coefficient (Wildman–Crippen LogP) is 3.07. The van der Waals surface area contributed by atoms with Gasteiger partial charge in [-0.05, 0) is 73.6 Å². The van der Waals surface area contributed by atoms with Gasteiger partial charge in [0.25, 0.3) is 0 Å². The number of carboxylic acids is 1. The first-order valence-electron chi connectivity index (χ1n) is 8.02. The van der Waals surface area contributed by atoms with E-state index in [9.17, 15) is 15.0 Å². The number of aliphatic hydroxyl groups excluding tert-OH is 1. The van der Waals surface area contributed by atoms with Crippen molar-refractivity contribution in [1.82, 2.24) is 0 Å². The van der Waals surface area contributed by atoms with E-state index in [4.69, 9.17) is 0 Å². The lowest BCUT2D eigenvalue weighted by molar-refractivity contribution is -0.150. The number of fused-ring (bicyclic) bond motifs is 3. The molecule has 0 aliphatic heterocycles. The fourth-order valence-electron chi connectivity index (χ4n) is 4.38. The van der Waals surface area contributed by atoms with Crippen LogP contribution in [0.4, 0.5) is 0 Å². The van der Waals surface area contributed by atoms with Gasteiger partial charge < -0.3 is 10.2 Å². The van der Waals surface area contributed by atoms with E-state index in [0.29, 0.717) is 6.42 Å². The molecule has 0 spiro atoms. The second-order valence-electron chi connectivity index (χ2n) is 6.85. The van der Waals surface area contributed by atoms with Gasteiger partial charge in [0.1, 0.15) is 0 Å². The first-order chi connectivity index (χ1) is 9.97. The average Bonchev–Trinajstić information content (AvgIpc) is 2.46. The van der Waals surface area contributed by atoms with Crippen molar-refractivity contribution in [2.45, 2.75) is 64.4 Å². The molecule has 0 radical (unpaired) electrons. The highest BCUT2D eigenvalue weighted by Gasteiger charge is 2.45. The summed E-state index contributed by atoms with van der Waals surface area (Å²) in [5.41, 5.74) is 4.63. The topological polar surface area (TPSA) is 57.5 Å². The van der Waals surface area contributed by atoms with Crippen LogP contribution in [0, 0.1) is 5.41 Å². The molecule has 0 amide bonds. The summed E-state index contributed by atoms with van der Waals surface area (Å²) in [5, 5.41) is 19.5. The molecule has 0 saturated heterocycles. The van der Waals surface area contributed by atoms with Crippen LogP contribution in [0.15, 0.2) is 12.1 Å². The zero-order valence-electron chi connectivity index (χ0n) is 12.9. The Morgan fingerprint density at radius 3 is 2.76 bits per heavy atom. The highest BCUT2D eigenvalue weighted by molar-refractivity contribution is 5.76. The maximum absolute atomic E-state index is 11.8. The number of hydrogen-bond donors (Lipinski definition) is 2. The maximum atomic E-state index is 11.8. The smallest absolute Gasteiger partial charge is 0.309 e. The standard InChI is InChI=1S/C18H24O3/c1-3-16-15-6-4-11-10-12(19)5-7-13(11)14(15)8-9-18(16,2)17(20)21/h4,6,12,16,19H,3,5,7-10H2,1-2H3,(H,20,21)/t12-,16-,18-/m0/s1. The van der Waals surface area contributed by atoms with Crippen molar-refractivity contribution >= 4 is 5.97 Å². The van der Waals surface area contributed by atoms with E-state index < -0.39 is 11.4 Å². The van der Waals surface area contributed by atoms with Crippen molar-refractivity contribution in [3.8, 4) is 0 Å². The summed E-state index contributed by atoms with van der Waals surface area (Å²) in [6.45, 7) is 3.99. The molecule has 114 valence electrons. The lowest BCUT2D eigenvalue weighted by Crippen LogP contribution is -2.39. The summed E-state index contributed by atoms with van der Waals surface area (Å²) in [7, 11) is 0. The first-order valence-corrected chi connectivity index (χ1v) is 8.02. The van der Waals surface area contributed by atoms with E-state index >= 15 is 0 Å². The van der Waals surface area contributed by atoms with Crippen molar-refractivity contribution in [3.63, 3.8) is 0 Å². The Bertz CT molecular complexity index is 578. The molecule has 21 heavy (non-hydrogen) atoms. The number of hydrogen-bond acceptors (Lipinski definition) is 2. The highest BCUT2D eigenvalue weighted by atomic mass is 16.4. The quantitative estimate of drug-likeness (QED) is 0.879. The number of carbonyl (C=O) groups is 1. The largest absolute Gasteiger partial charge is 0.481 e. The van der Waals surface area contributed by atoms with E-state index in [-0.39, 0.29) is 12.0 Å². The van der Waals surface area contributed by atoms with Gasteiger partial charge in [-0.15, -0.1) is 0 Å². The summed E-state index contributed by atoms with van der Waals surface area (Å²) in [6, 6.07) is 4.24. The Hall–Kier alpha value is -1.35. The molecule has 2 N–H and O–H groups in total. The van der Waals surface area contributed by atoms with Gasteiger partial charge in [0, 0.05) is 0 Å². The Morgan fingerprint density at radius 1 is 1.33 bits per heavy atom. The molecule has 0 bridgehead atoms. The van der Waals surface area contributed by atoms with Gasteiger partial charge in [0.05, 0.1) is 11.5 Å². The van der Waals surface area contributed by atoms with Crippen molar-refractivity contribution in [3.05, 3.63) is 34.4 Å². The number of aliphatic carboxylic acids is 1. The Labute approximate surface area is 126 Å². The molecule has 0 fully saturated rings. The van der Waals surface area contributed by atoms with E-state index in [1.807, 2.05) is 6.92 Å². The summed E-state index contributed by atoms with van der Waals surface area (Å²) in [5.74, 6) is -0.580. The first kappa shape index (κ1) is 14.6. The van der Waals surface area contributed by atoms with Crippen molar-refractivity contribution < 1.29 is 15.0 Å². The third-order valence-corrected chi connectivity index (χ3v) is 5.68. The van der Waals surface area contributed by atoms with Crippen LogP contribution in [-0.2, 0) is 24.1 Å². The Balaban J connectivity index is 2.08. The van der Waals surface area contributed by atoms with Gasteiger partial charge in [-0.1, -0.05) is 19.1 Å². The fraction of sp³-hybridized carbons (Fsp3) is 0.611. The van der Waals surface area contributed by atoms with Gasteiger partial charge in [0.2, 0.25) is 0 Å². The lowest BCUT2D eigenvalue weighted by atomic mass is 9.62. The minimum absolute atomic E-state index is 0.0934. The molecule has 0 unspecified atom stereocenters. The third kappa shape index (κ3) is 2.18. The molecule has 3 atom stereocenters. The molecule has 0 saturated carbocycles.